The summed E-state index contributed by atoms with van der Waals surface area (Å²) in [4.78, 5) is 30.4. The monoisotopic (exact) mass is 535 g/mol. The Hall–Kier alpha value is -3.83. The molecule has 3 aromatic heterocycles. The van der Waals surface area contributed by atoms with Crippen molar-refractivity contribution in [3.8, 4) is 11.3 Å². The summed E-state index contributed by atoms with van der Waals surface area (Å²) in [6.45, 7) is 10.4. The molecule has 1 N–H and O–H groups in total. The maximum atomic E-state index is 15.0. The fourth-order valence-corrected chi connectivity index (χ4v) is 5.11. The van der Waals surface area contributed by atoms with E-state index in [1.165, 1.54) is 6.07 Å². The number of rotatable bonds is 8. The molecule has 11 heteroatoms. The van der Waals surface area contributed by atoms with E-state index < -0.39 is 17.2 Å². The van der Waals surface area contributed by atoms with Gasteiger partial charge in [0.1, 0.15) is 29.1 Å². The number of anilines is 2. The molecule has 4 aromatic rings. The summed E-state index contributed by atoms with van der Waals surface area (Å²) >= 11 is 0. The van der Waals surface area contributed by atoms with E-state index in [9.17, 15) is 13.6 Å². The molecule has 9 nitrogen and oxygen atoms in total. The Morgan fingerprint density at radius 3 is 2.69 bits per heavy atom. The minimum absolute atomic E-state index is 0.0234. The average Bonchev–Trinajstić information content (AvgIpc) is 3.23. The molecular formula is C28H31F2N7O2. The number of carbonyl (C=O) groups excluding carboxylic acids is 1. The maximum Gasteiger partial charge on any atom is 0.229 e. The van der Waals surface area contributed by atoms with Crippen molar-refractivity contribution in [3.63, 3.8) is 0 Å². The highest BCUT2D eigenvalue weighted by Crippen LogP contribution is 2.30. The third-order valence-electron chi connectivity index (χ3n) is 6.86. The van der Waals surface area contributed by atoms with Gasteiger partial charge in [0.05, 0.1) is 23.9 Å². The highest BCUT2D eigenvalue weighted by atomic mass is 19.1. The number of aryl methyl sites for hydroxylation is 1. The second kappa shape index (κ2) is 10.7. The van der Waals surface area contributed by atoms with E-state index in [4.69, 9.17) is 4.74 Å². The molecule has 0 amide bonds. The first-order valence-corrected chi connectivity index (χ1v) is 12.9. The van der Waals surface area contributed by atoms with Crippen LogP contribution in [-0.2, 0) is 16.1 Å². The number of benzene rings is 1. The standard InChI is InChI=1S/C28H31F2N7O2/c1-17(2)37-18(3)33-26-21(29)11-20(12-23(26)37)25-22(30)14-32-27(35-25)34-24-6-5-19(13-31-24)15-36-8-10-39-28(4,16-36)7-9-38/h5-6,9,11-14,17H,7-8,10,15-16H2,1-4H3,(H,31,32,34,35)/t28-/m0/s1. The van der Waals surface area contributed by atoms with Crippen LogP contribution in [0.15, 0.2) is 36.7 Å². The summed E-state index contributed by atoms with van der Waals surface area (Å²) < 4.78 is 37.5. The third kappa shape index (κ3) is 5.64. The molecule has 0 unspecified atom stereocenters. The molecule has 1 aliphatic heterocycles. The number of nitrogens with one attached hydrogen (secondary N) is 1. The van der Waals surface area contributed by atoms with Crippen LogP contribution < -0.4 is 5.32 Å². The quantitative estimate of drug-likeness (QED) is 0.316. The number of pyridine rings is 1. The second-order valence-electron chi connectivity index (χ2n) is 10.4. The van der Waals surface area contributed by atoms with Gasteiger partial charge in [0.2, 0.25) is 5.95 Å². The molecule has 1 aromatic carbocycles. The number of halogens is 2. The second-order valence-corrected chi connectivity index (χ2v) is 10.4. The zero-order valence-electron chi connectivity index (χ0n) is 22.4. The molecule has 1 saturated heterocycles. The zero-order valence-corrected chi connectivity index (χ0v) is 22.4. The summed E-state index contributed by atoms with van der Waals surface area (Å²) in [6.07, 6.45) is 4.05. The number of hydrogen-bond donors (Lipinski definition) is 1. The summed E-state index contributed by atoms with van der Waals surface area (Å²) in [5, 5.41) is 3.00. The van der Waals surface area contributed by atoms with Gasteiger partial charge in [-0.15, -0.1) is 0 Å². The van der Waals surface area contributed by atoms with Gasteiger partial charge in [-0.1, -0.05) is 6.07 Å². The van der Waals surface area contributed by atoms with Crippen molar-refractivity contribution >= 4 is 29.1 Å². The average molecular weight is 536 g/mol. The molecule has 0 radical (unpaired) electrons. The van der Waals surface area contributed by atoms with Crippen LogP contribution in [0.4, 0.5) is 20.5 Å². The lowest BCUT2D eigenvalue weighted by molar-refractivity contribution is -0.126. The van der Waals surface area contributed by atoms with E-state index in [-0.39, 0.29) is 23.2 Å². The molecule has 1 aliphatic rings. The number of morpholine rings is 1. The number of aromatic nitrogens is 5. The highest BCUT2D eigenvalue weighted by Gasteiger charge is 2.31. The predicted molar refractivity (Wildman–Crippen MR) is 144 cm³/mol. The van der Waals surface area contributed by atoms with Gasteiger partial charge in [0, 0.05) is 43.9 Å². The van der Waals surface area contributed by atoms with Crippen molar-refractivity contribution in [2.75, 3.05) is 25.0 Å². The molecular weight excluding hydrogens is 504 g/mol. The third-order valence-corrected chi connectivity index (χ3v) is 6.86. The SMILES string of the molecule is Cc1nc2c(F)cc(-c3nc(Nc4ccc(CN5CCO[C@@](C)(CC=O)C5)cn4)ncc3F)cc2n1C(C)C. The Kier molecular flexibility index (Phi) is 7.37. The van der Waals surface area contributed by atoms with Crippen molar-refractivity contribution in [1.82, 2.24) is 29.4 Å². The fourth-order valence-electron chi connectivity index (χ4n) is 5.11. The van der Waals surface area contributed by atoms with Crippen molar-refractivity contribution in [2.24, 2.45) is 0 Å². The smallest absolute Gasteiger partial charge is 0.229 e. The van der Waals surface area contributed by atoms with Crippen LogP contribution in [0.2, 0.25) is 0 Å². The molecule has 4 heterocycles. The number of aldehydes is 1. The van der Waals surface area contributed by atoms with Crippen LogP contribution in [0.1, 0.15) is 44.6 Å². The number of imidazole rings is 1. The number of fused-ring (bicyclic) bond motifs is 1. The minimum atomic E-state index is -0.665. The summed E-state index contributed by atoms with van der Waals surface area (Å²) in [6, 6.07) is 6.73. The molecule has 5 rings (SSSR count). The van der Waals surface area contributed by atoms with Crippen LogP contribution in [0.5, 0.6) is 0 Å². The van der Waals surface area contributed by atoms with Gasteiger partial charge in [0.25, 0.3) is 0 Å². The van der Waals surface area contributed by atoms with Gasteiger partial charge in [0.15, 0.2) is 11.6 Å². The summed E-state index contributed by atoms with van der Waals surface area (Å²) in [7, 11) is 0. The lowest BCUT2D eigenvalue weighted by Gasteiger charge is -2.39. The first-order valence-electron chi connectivity index (χ1n) is 12.9. The fraction of sp³-hybridized carbons (Fsp3) is 0.393. The van der Waals surface area contributed by atoms with Crippen molar-refractivity contribution < 1.29 is 18.3 Å². The van der Waals surface area contributed by atoms with Crippen LogP contribution in [0.3, 0.4) is 0 Å². The van der Waals surface area contributed by atoms with Gasteiger partial charge in [-0.05, 0) is 51.5 Å². The Bertz CT molecular complexity index is 1510. The summed E-state index contributed by atoms with van der Waals surface area (Å²) in [5.41, 5.74) is 1.61. The molecule has 0 saturated carbocycles. The van der Waals surface area contributed by atoms with Gasteiger partial charge >= 0.3 is 0 Å². The Morgan fingerprint density at radius 1 is 1.15 bits per heavy atom. The van der Waals surface area contributed by atoms with E-state index in [1.807, 2.05) is 38.3 Å². The minimum Gasteiger partial charge on any atom is -0.372 e. The molecule has 1 fully saturated rings. The van der Waals surface area contributed by atoms with E-state index in [2.05, 4.69) is 30.2 Å². The van der Waals surface area contributed by atoms with Gasteiger partial charge in [-0.25, -0.2) is 28.7 Å². The molecule has 1 atom stereocenters. The van der Waals surface area contributed by atoms with E-state index in [0.29, 0.717) is 48.8 Å². The lowest BCUT2D eigenvalue weighted by Crippen LogP contribution is -2.49. The van der Waals surface area contributed by atoms with Crippen LogP contribution in [0, 0.1) is 18.6 Å². The maximum absolute atomic E-state index is 15.0. The van der Waals surface area contributed by atoms with Gasteiger partial charge < -0.3 is 19.4 Å². The Labute approximate surface area is 225 Å². The largest absolute Gasteiger partial charge is 0.372 e. The van der Waals surface area contributed by atoms with Crippen molar-refractivity contribution in [1.29, 1.82) is 0 Å². The van der Waals surface area contributed by atoms with E-state index in [1.54, 1.807) is 18.3 Å². The first-order chi connectivity index (χ1) is 18.7. The van der Waals surface area contributed by atoms with E-state index in [0.717, 1.165) is 24.6 Å². The van der Waals surface area contributed by atoms with Gasteiger partial charge in [-0.3, -0.25) is 4.90 Å². The van der Waals surface area contributed by atoms with Gasteiger partial charge in [-0.2, -0.15) is 0 Å². The first kappa shape index (κ1) is 26.8. The normalized spacial score (nSPS) is 18.1. The van der Waals surface area contributed by atoms with Crippen LogP contribution >= 0.6 is 0 Å². The Balaban J connectivity index is 1.34. The summed E-state index contributed by atoms with van der Waals surface area (Å²) in [5.74, 6) is 0.0981. The predicted octanol–water partition coefficient (Wildman–Crippen LogP) is 4.98. The lowest BCUT2D eigenvalue weighted by atomic mass is 10.0. The number of hydrogen-bond acceptors (Lipinski definition) is 8. The molecule has 0 spiro atoms. The highest BCUT2D eigenvalue weighted by molar-refractivity contribution is 5.83. The zero-order chi connectivity index (χ0) is 27.7. The molecule has 39 heavy (non-hydrogen) atoms. The molecule has 0 aliphatic carbocycles. The van der Waals surface area contributed by atoms with Crippen molar-refractivity contribution in [2.45, 2.75) is 52.3 Å². The van der Waals surface area contributed by atoms with Crippen LogP contribution in [-0.4, -0.2) is 61.0 Å². The van der Waals surface area contributed by atoms with E-state index >= 15 is 0 Å². The number of carbonyl (C=O) groups is 1. The van der Waals surface area contributed by atoms with Crippen LogP contribution in [0.25, 0.3) is 22.3 Å². The van der Waals surface area contributed by atoms with Crippen molar-refractivity contribution in [3.05, 3.63) is 59.7 Å². The number of ether oxygens (including phenoxy) is 1. The Morgan fingerprint density at radius 2 is 1.97 bits per heavy atom. The topological polar surface area (TPSA) is 98.1 Å². The number of nitrogens with zero attached hydrogens (tertiary/aromatic N) is 6. The molecule has 204 valence electrons. The molecule has 0 bridgehead atoms.